The van der Waals surface area contributed by atoms with Crippen LogP contribution in [0.2, 0.25) is 0 Å². The minimum atomic E-state index is -4.78. The number of aromatic amines is 1. The maximum atomic E-state index is 15.0. The van der Waals surface area contributed by atoms with Gasteiger partial charge >= 0.3 is 12.5 Å². The van der Waals surface area contributed by atoms with Gasteiger partial charge in [0.1, 0.15) is 11.8 Å². The van der Waals surface area contributed by atoms with Gasteiger partial charge in [-0.1, -0.05) is 0 Å². The number of imidazole rings is 1. The maximum Gasteiger partial charge on any atom is 0.522 e. The number of hydrogen-bond donors (Lipinski definition) is 3. The number of amides is 1. The normalized spacial score (nSPS) is 22.1. The van der Waals surface area contributed by atoms with Gasteiger partial charge in [0.05, 0.1) is 30.3 Å². The first-order valence-electron chi connectivity index (χ1n) is 11.7. The molecular weight excluding hydrogens is 502 g/mol. The third kappa shape index (κ3) is 5.93. The minimum Gasteiger partial charge on any atom is -0.441 e. The zero-order chi connectivity index (χ0) is 26.3. The van der Waals surface area contributed by atoms with Crippen molar-refractivity contribution in [3.05, 3.63) is 35.4 Å². The molecule has 2 fully saturated rings. The summed E-state index contributed by atoms with van der Waals surface area (Å²) in [7, 11) is 0. The van der Waals surface area contributed by atoms with Crippen molar-refractivity contribution in [2.45, 2.75) is 70.0 Å². The molecule has 1 aliphatic heterocycles. The number of nitrogens with one attached hydrogen (secondary N) is 3. The van der Waals surface area contributed by atoms with Crippen LogP contribution in [-0.4, -0.2) is 61.9 Å². The van der Waals surface area contributed by atoms with Gasteiger partial charge in [0.25, 0.3) is 0 Å². The summed E-state index contributed by atoms with van der Waals surface area (Å²) >= 11 is 0. The lowest BCUT2D eigenvalue weighted by Crippen LogP contribution is -2.36. The first kappa shape index (κ1) is 25.2. The molecule has 1 saturated heterocycles. The molecule has 1 aliphatic carbocycles. The van der Waals surface area contributed by atoms with E-state index in [2.05, 4.69) is 35.5 Å². The zero-order valence-electron chi connectivity index (χ0n) is 19.9. The Bertz CT molecular complexity index is 1270. The standard InChI is InChI=1S/C22H25F4N7O4/c1-10(2)27-21(34)37-15-9-35-19(18(15)23)14-5-16(32-31-14)30-20-29-13(11-3-4-11)6-17-28-12(7-33(17)20)8-36-22(24,25)26/h5-7,10-11,15,18-19H,3-4,8-9H2,1-2H3,(H,27,34)(H2,29,30,31,32)/t15-,18-,19-/m0/s1. The fourth-order valence-corrected chi connectivity index (χ4v) is 3.96. The number of halogens is 4. The summed E-state index contributed by atoms with van der Waals surface area (Å²) < 4.78 is 68.4. The van der Waals surface area contributed by atoms with E-state index in [1.165, 1.54) is 16.7 Å². The third-order valence-electron chi connectivity index (χ3n) is 5.80. The highest BCUT2D eigenvalue weighted by Gasteiger charge is 2.42. The van der Waals surface area contributed by atoms with Gasteiger partial charge in [-0.3, -0.25) is 14.2 Å². The van der Waals surface area contributed by atoms with Crippen molar-refractivity contribution in [1.29, 1.82) is 0 Å². The molecule has 3 aromatic heterocycles. The molecule has 1 saturated carbocycles. The quantitative estimate of drug-likeness (QED) is 0.375. The largest absolute Gasteiger partial charge is 0.522 e. The molecule has 4 heterocycles. The number of aromatic nitrogens is 5. The second-order valence-electron chi connectivity index (χ2n) is 9.25. The van der Waals surface area contributed by atoms with Gasteiger partial charge in [0.15, 0.2) is 18.1 Å². The van der Waals surface area contributed by atoms with E-state index in [4.69, 9.17) is 9.47 Å². The molecule has 11 nitrogen and oxygen atoms in total. The Kier molecular flexibility index (Phi) is 6.66. The number of H-pyrrole nitrogens is 1. The first-order chi connectivity index (χ1) is 17.6. The number of ether oxygens (including phenoxy) is 3. The second kappa shape index (κ2) is 9.78. The Morgan fingerprint density at radius 1 is 1.30 bits per heavy atom. The monoisotopic (exact) mass is 527 g/mol. The van der Waals surface area contributed by atoms with Gasteiger partial charge in [-0.25, -0.2) is 19.2 Å². The van der Waals surface area contributed by atoms with Gasteiger partial charge in [0.2, 0.25) is 5.95 Å². The van der Waals surface area contributed by atoms with Gasteiger partial charge < -0.3 is 20.1 Å². The lowest BCUT2D eigenvalue weighted by atomic mass is 10.1. The second-order valence-corrected chi connectivity index (χ2v) is 9.25. The fourth-order valence-electron chi connectivity index (χ4n) is 3.96. The van der Waals surface area contributed by atoms with Gasteiger partial charge in [-0.2, -0.15) is 5.10 Å². The van der Waals surface area contributed by atoms with Gasteiger partial charge in [-0.15, -0.1) is 13.2 Å². The van der Waals surface area contributed by atoms with Crippen molar-refractivity contribution in [3.63, 3.8) is 0 Å². The Morgan fingerprint density at radius 2 is 2.08 bits per heavy atom. The Balaban J connectivity index is 1.32. The number of alkyl carbamates (subject to hydrolysis) is 1. The molecule has 5 rings (SSSR count). The van der Waals surface area contributed by atoms with E-state index in [0.717, 1.165) is 18.5 Å². The highest BCUT2D eigenvalue weighted by molar-refractivity contribution is 5.67. The van der Waals surface area contributed by atoms with E-state index < -0.39 is 37.4 Å². The van der Waals surface area contributed by atoms with E-state index in [1.54, 1.807) is 19.9 Å². The van der Waals surface area contributed by atoms with Crippen molar-refractivity contribution >= 4 is 23.5 Å². The summed E-state index contributed by atoms with van der Waals surface area (Å²) in [6, 6.07) is 3.09. The molecule has 3 aromatic rings. The van der Waals surface area contributed by atoms with Crippen LogP contribution in [0.4, 0.5) is 34.1 Å². The fraction of sp³-hybridized carbons (Fsp3) is 0.545. The number of nitrogens with zero attached hydrogens (tertiary/aromatic N) is 4. The number of rotatable bonds is 8. The molecule has 0 radical (unpaired) electrons. The Labute approximate surface area is 207 Å². The number of anilines is 2. The molecule has 200 valence electrons. The van der Waals surface area contributed by atoms with Crippen LogP contribution in [0.1, 0.15) is 55.8 Å². The predicted molar refractivity (Wildman–Crippen MR) is 120 cm³/mol. The average molecular weight is 527 g/mol. The summed E-state index contributed by atoms with van der Waals surface area (Å²) in [5.41, 5.74) is 1.54. The summed E-state index contributed by atoms with van der Waals surface area (Å²) in [5, 5.41) is 12.4. The van der Waals surface area contributed by atoms with E-state index in [9.17, 15) is 22.4 Å². The summed E-state index contributed by atoms with van der Waals surface area (Å²) in [6.07, 6.45) is -5.96. The maximum absolute atomic E-state index is 15.0. The lowest BCUT2D eigenvalue weighted by Gasteiger charge is -2.16. The predicted octanol–water partition coefficient (Wildman–Crippen LogP) is 4.02. The SMILES string of the molecule is CC(C)NC(=O)O[C@H]1CO[C@@H](c2cc(Nc3nc(C4CC4)cc4nc(COC(F)(F)F)cn34)n[nH]2)[C@H]1F. The molecular formula is C22H25F4N7O4. The topological polar surface area (TPSA) is 128 Å². The van der Waals surface area contributed by atoms with Crippen molar-refractivity contribution in [3.8, 4) is 0 Å². The molecule has 2 aliphatic rings. The summed E-state index contributed by atoms with van der Waals surface area (Å²) in [4.78, 5) is 20.6. The number of hydrogen-bond acceptors (Lipinski definition) is 8. The van der Waals surface area contributed by atoms with Crippen molar-refractivity contribution in [2.24, 2.45) is 0 Å². The third-order valence-corrected chi connectivity index (χ3v) is 5.80. The van der Waals surface area contributed by atoms with Crippen LogP contribution in [0.3, 0.4) is 0 Å². The first-order valence-corrected chi connectivity index (χ1v) is 11.7. The van der Waals surface area contributed by atoms with Crippen LogP contribution < -0.4 is 10.6 Å². The molecule has 3 N–H and O–H groups in total. The smallest absolute Gasteiger partial charge is 0.441 e. The molecule has 0 unspecified atom stereocenters. The summed E-state index contributed by atoms with van der Waals surface area (Å²) in [6.45, 7) is 2.64. The zero-order valence-corrected chi connectivity index (χ0v) is 19.9. The van der Waals surface area contributed by atoms with Crippen LogP contribution >= 0.6 is 0 Å². The average Bonchev–Trinajstić information content (AvgIpc) is 3.25. The van der Waals surface area contributed by atoms with Gasteiger partial charge in [0, 0.05) is 30.3 Å². The van der Waals surface area contributed by atoms with Crippen molar-refractivity contribution < 1.29 is 36.6 Å². The Hall–Kier alpha value is -3.46. The van der Waals surface area contributed by atoms with E-state index >= 15 is 0 Å². The molecule has 15 heteroatoms. The van der Waals surface area contributed by atoms with Crippen LogP contribution in [0.25, 0.3) is 5.65 Å². The van der Waals surface area contributed by atoms with Crippen LogP contribution in [0.15, 0.2) is 18.3 Å². The van der Waals surface area contributed by atoms with Crippen molar-refractivity contribution in [1.82, 2.24) is 29.9 Å². The van der Waals surface area contributed by atoms with E-state index in [0.29, 0.717) is 11.3 Å². The molecule has 37 heavy (non-hydrogen) atoms. The lowest BCUT2D eigenvalue weighted by molar-refractivity contribution is -0.330. The highest BCUT2D eigenvalue weighted by atomic mass is 19.4. The number of alkyl halides is 4. The number of fused-ring (bicyclic) bond motifs is 1. The molecule has 0 aromatic carbocycles. The minimum absolute atomic E-state index is 0.0741. The molecule has 1 amide bonds. The number of carbonyl (C=O) groups is 1. The van der Waals surface area contributed by atoms with Crippen LogP contribution in [0.5, 0.6) is 0 Å². The Morgan fingerprint density at radius 3 is 2.78 bits per heavy atom. The van der Waals surface area contributed by atoms with Crippen molar-refractivity contribution in [2.75, 3.05) is 11.9 Å². The van der Waals surface area contributed by atoms with Crippen LogP contribution in [0, 0.1) is 0 Å². The summed E-state index contributed by atoms with van der Waals surface area (Å²) in [5.74, 6) is 0.797. The molecule has 0 spiro atoms. The molecule has 0 bridgehead atoms. The number of carbonyl (C=O) groups excluding carboxylic acids is 1. The van der Waals surface area contributed by atoms with E-state index in [-0.39, 0.29) is 36.0 Å². The molecule has 3 atom stereocenters. The van der Waals surface area contributed by atoms with Gasteiger partial charge in [-0.05, 0) is 26.7 Å². The van der Waals surface area contributed by atoms with Crippen LogP contribution in [-0.2, 0) is 20.8 Å². The van der Waals surface area contributed by atoms with E-state index in [1.807, 2.05) is 0 Å². The highest BCUT2D eigenvalue weighted by Crippen LogP contribution is 2.40.